The molecule has 0 bridgehead atoms. The third-order valence-electron chi connectivity index (χ3n) is 4.31. The van der Waals surface area contributed by atoms with E-state index in [1.165, 1.54) is 37.3 Å². The van der Waals surface area contributed by atoms with Crippen LogP contribution in [0.25, 0.3) is 0 Å². The molecule has 9 heteroatoms. The van der Waals surface area contributed by atoms with Gasteiger partial charge < -0.3 is 21.1 Å². The van der Waals surface area contributed by atoms with Crippen LogP contribution in [0.2, 0.25) is 0 Å². The van der Waals surface area contributed by atoms with Crippen LogP contribution in [0, 0.1) is 0 Å². The average molecular weight is 351 g/mol. The van der Waals surface area contributed by atoms with Crippen molar-refractivity contribution in [1.82, 2.24) is 20.4 Å². The summed E-state index contributed by atoms with van der Waals surface area (Å²) in [6.07, 6.45) is 8.17. The maximum atomic E-state index is 11.9. The Bertz CT molecular complexity index is 634. The van der Waals surface area contributed by atoms with Crippen LogP contribution in [-0.2, 0) is 15.1 Å². The van der Waals surface area contributed by atoms with Crippen LogP contribution in [-0.4, -0.2) is 45.4 Å². The van der Waals surface area contributed by atoms with Crippen LogP contribution in [0.5, 0.6) is 0 Å². The van der Waals surface area contributed by atoms with Crippen LogP contribution in [0.4, 0.5) is 10.5 Å². The molecule has 0 atom stereocenters. The first-order valence-corrected chi connectivity index (χ1v) is 8.42. The molecule has 1 aromatic rings. The van der Waals surface area contributed by atoms with Gasteiger partial charge in [0.15, 0.2) is 5.54 Å². The molecule has 1 aliphatic rings. The molecule has 0 saturated heterocycles. The van der Waals surface area contributed by atoms with Gasteiger partial charge in [-0.15, -0.1) is 0 Å². The van der Waals surface area contributed by atoms with Gasteiger partial charge >= 0.3 is 12.0 Å². The summed E-state index contributed by atoms with van der Waals surface area (Å²) in [5.41, 5.74) is -0.852. The van der Waals surface area contributed by atoms with E-state index in [-0.39, 0.29) is 18.6 Å². The van der Waals surface area contributed by atoms with E-state index in [0.717, 1.165) is 25.7 Å². The van der Waals surface area contributed by atoms with Gasteiger partial charge in [-0.25, -0.2) is 9.59 Å². The summed E-state index contributed by atoms with van der Waals surface area (Å²) in [5.74, 6) is -1.44. The van der Waals surface area contributed by atoms with E-state index >= 15 is 0 Å². The van der Waals surface area contributed by atoms with Crippen LogP contribution in [0.1, 0.15) is 46.0 Å². The van der Waals surface area contributed by atoms with Crippen LogP contribution >= 0.6 is 0 Å². The van der Waals surface area contributed by atoms with Gasteiger partial charge in [0.05, 0.1) is 18.4 Å². The number of amides is 3. The van der Waals surface area contributed by atoms with Crippen molar-refractivity contribution in [2.45, 2.75) is 57.5 Å². The van der Waals surface area contributed by atoms with Gasteiger partial charge in [-0.2, -0.15) is 5.10 Å². The van der Waals surface area contributed by atoms with E-state index in [2.05, 4.69) is 21.0 Å². The van der Waals surface area contributed by atoms with Gasteiger partial charge in [0.25, 0.3) is 0 Å². The molecule has 0 unspecified atom stereocenters. The first kappa shape index (κ1) is 18.8. The minimum absolute atomic E-state index is 0.174. The van der Waals surface area contributed by atoms with Crippen molar-refractivity contribution >= 4 is 23.6 Å². The van der Waals surface area contributed by atoms with E-state index in [1.54, 1.807) is 0 Å². The number of nitrogens with zero attached hydrogens (tertiary/aromatic N) is 2. The maximum Gasteiger partial charge on any atom is 0.331 e. The Balaban J connectivity index is 1.77. The van der Waals surface area contributed by atoms with Gasteiger partial charge in [0.2, 0.25) is 5.91 Å². The minimum atomic E-state index is -1.22. The predicted octanol–water partition coefficient (Wildman–Crippen LogP) is 1.27. The molecular formula is C16H25N5O4. The predicted molar refractivity (Wildman–Crippen MR) is 91.2 cm³/mol. The SMILES string of the molecule is CC(C)(C(=O)O)n1cc(NC(=O)CNC(=O)NC2CCCCC2)cn1. The molecule has 25 heavy (non-hydrogen) atoms. The molecule has 0 aliphatic heterocycles. The lowest BCUT2D eigenvalue weighted by atomic mass is 9.96. The number of urea groups is 1. The number of carboxylic acid groups (broad SMARTS) is 1. The summed E-state index contributed by atoms with van der Waals surface area (Å²) in [5, 5.41) is 21.1. The van der Waals surface area contributed by atoms with Crippen LogP contribution < -0.4 is 16.0 Å². The number of carbonyl (C=O) groups excluding carboxylic acids is 2. The first-order valence-electron chi connectivity index (χ1n) is 8.42. The zero-order valence-corrected chi connectivity index (χ0v) is 14.5. The number of nitrogens with one attached hydrogen (secondary N) is 3. The van der Waals surface area contributed by atoms with Crippen molar-refractivity contribution in [2.24, 2.45) is 0 Å². The fourth-order valence-electron chi connectivity index (χ4n) is 2.64. The molecule has 1 aromatic heterocycles. The second-order valence-electron chi connectivity index (χ2n) is 6.75. The second-order valence-corrected chi connectivity index (χ2v) is 6.75. The summed E-state index contributed by atoms with van der Waals surface area (Å²) in [7, 11) is 0. The van der Waals surface area contributed by atoms with Gasteiger partial charge in [-0.05, 0) is 26.7 Å². The van der Waals surface area contributed by atoms with Gasteiger partial charge in [0, 0.05) is 12.2 Å². The summed E-state index contributed by atoms with van der Waals surface area (Å²) < 4.78 is 1.26. The molecule has 1 saturated carbocycles. The van der Waals surface area contributed by atoms with Gasteiger partial charge in [0.1, 0.15) is 0 Å². The van der Waals surface area contributed by atoms with Crippen molar-refractivity contribution in [3.05, 3.63) is 12.4 Å². The molecular weight excluding hydrogens is 326 g/mol. The number of hydrogen-bond acceptors (Lipinski definition) is 4. The molecule has 0 radical (unpaired) electrons. The van der Waals surface area contributed by atoms with Crippen molar-refractivity contribution in [1.29, 1.82) is 0 Å². The molecule has 0 aromatic carbocycles. The number of aromatic nitrogens is 2. The largest absolute Gasteiger partial charge is 0.479 e. The number of aliphatic carboxylic acids is 1. The molecule has 1 fully saturated rings. The fourth-order valence-corrected chi connectivity index (χ4v) is 2.64. The average Bonchev–Trinajstić information content (AvgIpc) is 3.03. The van der Waals surface area contributed by atoms with Gasteiger partial charge in [-0.3, -0.25) is 9.48 Å². The first-order chi connectivity index (χ1) is 11.8. The summed E-state index contributed by atoms with van der Waals surface area (Å²) in [6.45, 7) is 2.84. The number of rotatable bonds is 6. The Morgan fingerprint density at radius 1 is 1.28 bits per heavy atom. The molecule has 2 rings (SSSR count). The van der Waals surface area contributed by atoms with Crippen molar-refractivity contribution in [3.8, 4) is 0 Å². The van der Waals surface area contributed by atoms with E-state index in [0.29, 0.717) is 5.69 Å². The number of hydrogen-bond donors (Lipinski definition) is 4. The minimum Gasteiger partial charge on any atom is -0.479 e. The highest BCUT2D eigenvalue weighted by Crippen LogP contribution is 2.18. The number of anilines is 1. The highest BCUT2D eigenvalue weighted by atomic mass is 16.4. The van der Waals surface area contributed by atoms with Gasteiger partial charge in [-0.1, -0.05) is 19.3 Å². The lowest BCUT2D eigenvalue weighted by Gasteiger charge is -2.22. The lowest BCUT2D eigenvalue weighted by Crippen LogP contribution is -2.45. The lowest BCUT2D eigenvalue weighted by molar-refractivity contribution is -0.146. The summed E-state index contributed by atoms with van der Waals surface area (Å²) in [6, 6.07) is -0.182. The number of carboxylic acids is 1. The Kier molecular flexibility index (Phi) is 6.00. The summed E-state index contributed by atoms with van der Waals surface area (Å²) in [4.78, 5) is 34.9. The van der Waals surface area contributed by atoms with Crippen LogP contribution in [0.15, 0.2) is 12.4 Å². The third-order valence-corrected chi connectivity index (χ3v) is 4.31. The zero-order chi connectivity index (χ0) is 18.4. The quantitative estimate of drug-likeness (QED) is 0.614. The van der Waals surface area contributed by atoms with Crippen molar-refractivity contribution in [3.63, 3.8) is 0 Å². The fraction of sp³-hybridized carbons (Fsp3) is 0.625. The maximum absolute atomic E-state index is 11.9. The molecule has 138 valence electrons. The van der Waals surface area contributed by atoms with Crippen molar-refractivity contribution in [2.75, 3.05) is 11.9 Å². The second kappa shape index (κ2) is 8.00. The Morgan fingerprint density at radius 2 is 1.96 bits per heavy atom. The molecule has 1 heterocycles. The smallest absolute Gasteiger partial charge is 0.331 e. The molecule has 3 amide bonds. The standard InChI is InChI=1S/C16H25N5O4/c1-16(2,14(23)24)21-10-12(8-18-21)19-13(22)9-17-15(25)20-11-6-4-3-5-7-11/h8,10-11H,3-7,9H2,1-2H3,(H,19,22)(H,23,24)(H2,17,20,25). The highest BCUT2D eigenvalue weighted by Gasteiger charge is 2.30. The highest BCUT2D eigenvalue weighted by molar-refractivity contribution is 5.94. The summed E-state index contributed by atoms with van der Waals surface area (Å²) >= 11 is 0. The van der Waals surface area contributed by atoms with Crippen LogP contribution in [0.3, 0.4) is 0 Å². The Hall–Kier alpha value is -2.58. The molecule has 0 spiro atoms. The molecule has 1 aliphatic carbocycles. The number of carbonyl (C=O) groups is 3. The molecule has 9 nitrogen and oxygen atoms in total. The zero-order valence-electron chi connectivity index (χ0n) is 14.5. The topological polar surface area (TPSA) is 125 Å². The van der Waals surface area contributed by atoms with E-state index in [4.69, 9.17) is 5.11 Å². The Labute approximate surface area is 146 Å². The monoisotopic (exact) mass is 351 g/mol. The Morgan fingerprint density at radius 3 is 2.60 bits per heavy atom. The normalized spacial score (nSPS) is 15.4. The third kappa shape index (κ3) is 5.20. The van der Waals surface area contributed by atoms with E-state index in [9.17, 15) is 14.4 Å². The van der Waals surface area contributed by atoms with Crippen molar-refractivity contribution < 1.29 is 19.5 Å². The molecule has 4 N–H and O–H groups in total. The van der Waals surface area contributed by atoms with E-state index in [1.807, 2.05) is 0 Å². The van der Waals surface area contributed by atoms with E-state index < -0.39 is 17.4 Å².